The van der Waals surface area contributed by atoms with E-state index in [0.717, 1.165) is 64.2 Å². The first-order valence-electron chi connectivity index (χ1n) is 21.3. The second-order valence-corrected chi connectivity index (χ2v) is 15.8. The van der Waals surface area contributed by atoms with Crippen LogP contribution in [-0.2, 0) is 32.7 Å². The molecule has 0 aliphatic heterocycles. The van der Waals surface area contributed by atoms with E-state index >= 15 is 0 Å². The molecule has 0 saturated heterocycles. The van der Waals surface area contributed by atoms with Gasteiger partial charge in [0.25, 0.3) is 0 Å². The van der Waals surface area contributed by atoms with Crippen LogP contribution in [0.15, 0.2) is 24.3 Å². The Balaban J connectivity index is 4.30. The van der Waals surface area contributed by atoms with Crippen LogP contribution in [0.5, 0.6) is 0 Å². The number of rotatable bonds is 40. The van der Waals surface area contributed by atoms with Gasteiger partial charge in [0.05, 0.1) is 19.8 Å². The number of ether oxygens (including phenoxy) is 2. The van der Waals surface area contributed by atoms with E-state index in [1.807, 2.05) is 0 Å². The van der Waals surface area contributed by atoms with Crippen LogP contribution in [-0.4, -0.2) is 65.7 Å². The van der Waals surface area contributed by atoms with Crippen LogP contribution in [0, 0.1) is 0 Å². The molecule has 0 fully saturated rings. The molecule has 0 radical (unpaired) electrons. The number of unbranched alkanes of at least 4 members (excludes halogenated alkanes) is 22. The van der Waals surface area contributed by atoms with Gasteiger partial charge in [-0.1, -0.05) is 167 Å². The number of carbonyl (C=O) groups is 2. The maximum atomic E-state index is 12.6. The standard InChI is InChI=1S/C42H79O10P/c1-3-5-7-9-11-13-15-17-19-20-22-23-25-27-29-31-33-41(45)49-37-40(38-51-53(47,48)50-36-39(44)35-43)52-42(46)34-32-30-28-26-24-21-18-16-14-12-10-8-6-4-2/h10,12,16,18,39-40,43-44H,3-9,11,13-15,17,19-38H2,1-2H3,(H,47,48)/b12-10-,18-16-/t39-,40+/m0/s1. The van der Waals surface area contributed by atoms with Crippen LogP contribution < -0.4 is 0 Å². The fourth-order valence-corrected chi connectivity index (χ4v) is 6.56. The Hall–Kier alpha value is -1.55. The van der Waals surface area contributed by atoms with Crippen LogP contribution >= 0.6 is 7.82 Å². The average Bonchev–Trinajstić information content (AvgIpc) is 3.14. The maximum Gasteiger partial charge on any atom is 0.472 e. The number of esters is 2. The van der Waals surface area contributed by atoms with Gasteiger partial charge in [-0.15, -0.1) is 0 Å². The molecule has 10 nitrogen and oxygen atoms in total. The van der Waals surface area contributed by atoms with Crippen molar-refractivity contribution in [3.8, 4) is 0 Å². The predicted octanol–water partition coefficient (Wildman–Crippen LogP) is 11.0. The third kappa shape index (κ3) is 38.5. The fraction of sp³-hybridized carbons (Fsp3) is 0.857. The molecule has 1 unspecified atom stereocenters. The molecule has 0 saturated carbocycles. The molecule has 0 aliphatic carbocycles. The lowest BCUT2D eigenvalue weighted by atomic mass is 10.0. The van der Waals surface area contributed by atoms with Crippen LogP contribution in [0.3, 0.4) is 0 Å². The molecule has 0 aromatic carbocycles. The minimum absolute atomic E-state index is 0.171. The summed E-state index contributed by atoms with van der Waals surface area (Å²) in [5.41, 5.74) is 0. The molecule has 0 aromatic rings. The molecule has 0 amide bonds. The van der Waals surface area contributed by atoms with Crippen molar-refractivity contribution in [3.63, 3.8) is 0 Å². The van der Waals surface area contributed by atoms with E-state index in [1.165, 1.54) is 89.9 Å². The summed E-state index contributed by atoms with van der Waals surface area (Å²) in [6, 6.07) is 0. The third-order valence-corrected chi connectivity index (χ3v) is 10.1. The third-order valence-electron chi connectivity index (χ3n) is 9.11. The highest BCUT2D eigenvalue weighted by Gasteiger charge is 2.27. The van der Waals surface area contributed by atoms with Crippen LogP contribution in [0.2, 0.25) is 0 Å². The molecule has 0 spiro atoms. The topological polar surface area (TPSA) is 149 Å². The van der Waals surface area contributed by atoms with Gasteiger partial charge in [-0.05, 0) is 38.5 Å². The molecular weight excluding hydrogens is 695 g/mol. The molecule has 0 aromatic heterocycles. The number of phosphoric ester groups is 1. The number of aliphatic hydroxyl groups excluding tert-OH is 2. The molecule has 11 heteroatoms. The van der Waals surface area contributed by atoms with Crippen LogP contribution in [0.4, 0.5) is 0 Å². The lowest BCUT2D eigenvalue weighted by molar-refractivity contribution is -0.161. The van der Waals surface area contributed by atoms with E-state index in [2.05, 4.69) is 42.7 Å². The zero-order chi connectivity index (χ0) is 39.1. The Bertz CT molecular complexity index is 941. The molecule has 53 heavy (non-hydrogen) atoms. The molecule has 0 bridgehead atoms. The molecule has 3 N–H and O–H groups in total. The smallest absolute Gasteiger partial charge is 0.462 e. The van der Waals surface area contributed by atoms with Gasteiger partial charge in [0.1, 0.15) is 12.7 Å². The number of hydrogen-bond donors (Lipinski definition) is 3. The van der Waals surface area contributed by atoms with Gasteiger partial charge in [0.2, 0.25) is 0 Å². The van der Waals surface area contributed by atoms with E-state index in [4.69, 9.17) is 19.1 Å². The van der Waals surface area contributed by atoms with E-state index in [9.17, 15) is 24.2 Å². The zero-order valence-corrected chi connectivity index (χ0v) is 34.6. The first-order chi connectivity index (χ1) is 25.7. The van der Waals surface area contributed by atoms with Crippen molar-refractivity contribution in [2.45, 2.75) is 206 Å². The van der Waals surface area contributed by atoms with Crippen molar-refractivity contribution in [2.75, 3.05) is 26.4 Å². The monoisotopic (exact) mass is 775 g/mol. The second-order valence-electron chi connectivity index (χ2n) is 14.4. The summed E-state index contributed by atoms with van der Waals surface area (Å²) >= 11 is 0. The largest absolute Gasteiger partial charge is 0.472 e. The predicted molar refractivity (Wildman–Crippen MR) is 215 cm³/mol. The number of phosphoric acid groups is 1. The second kappa shape index (κ2) is 38.7. The van der Waals surface area contributed by atoms with Gasteiger partial charge < -0.3 is 24.6 Å². The Labute approximate surface area is 323 Å². The Morgan fingerprint density at radius 2 is 1.00 bits per heavy atom. The summed E-state index contributed by atoms with van der Waals surface area (Å²) < 4.78 is 32.7. The van der Waals surface area contributed by atoms with Crippen LogP contribution in [0.25, 0.3) is 0 Å². The first-order valence-corrected chi connectivity index (χ1v) is 22.8. The minimum Gasteiger partial charge on any atom is -0.462 e. The van der Waals surface area contributed by atoms with E-state index in [0.29, 0.717) is 12.8 Å². The quantitative estimate of drug-likeness (QED) is 0.0238. The SMILES string of the molecule is CCCC/C=C\C/C=C\CCCCCCCC(=O)O[C@H](COC(=O)CCCCCCCCCCCCCCCCCC)COP(=O)(O)OC[C@@H](O)CO. The molecular formula is C42H79O10P. The molecule has 0 heterocycles. The minimum atomic E-state index is -4.62. The van der Waals surface area contributed by atoms with Crippen molar-refractivity contribution in [1.82, 2.24) is 0 Å². The Morgan fingerprint density at radius 3 is 1.51 bits per heavy atom. The molecule has 312 valence electrons. The van der Waals surface area contributed by atoms with Crippen molar-refractivity contribution < 1.29 is 47.8 Å². The zero-order valence-electron chi connectivity index (χ0n) is 33.7. The van der Waals surface area contributed by atoms with Crippen LogP contribution in [0.1, 0.15) is 194 Å². The highest BCUT2D eigenvalue weighted by Crippen LogP contribution is 2.43. The Morgan fingerprint density at radius 1 is 0.566 bits per heavy atom. The van der Waals surface area contributed by atoms with Crippen molar-refractivity contribution in [2.24, 2.45) is 0 Å². The van der Waals surface area contributed by atoms with Crippen molar-refractivity contribution >= 4 is 19.8 Å². The summed E-state index contributed by atoms with van der Waals surface area (Å²) in [7, 11) is -4.62. The molecule has 0 rings (SSSR count). The van der Waals surface area contributed by atoms with Crippen molar-refractivity contribution in [3.05, 3.63) is 24.3 Å². The van der Waals surface area contributed by atoms with E-state index in [-0.39, 0.29) is 19.4 Å². The van der Waals surface area contributed by atoms with E-state index < -0.39 is 51.8 Å². The number of aliphatic hydroxyl groups is 2. The molecule has 0 aliphatic rings. The van der Waals surface area contributed by atoms with Gasteiger partial charge in [-0.3, -0.25) is 18.6 Å². The Kier molecular flexibility index (Phi) is 37.6. The fourth-order valence-electron chi connectivity index (χ4n) is 5.77. The average molecular weight is 775 g/mol. The highest BCUT2D eigenvalue weighted by atomic mass is 31.2. The maximum absolute atomic E-state index is 12.6. The number of allylic oxidation sites excluding steroid dienone is 4. The summed E-state index contributed by atoms with van der Waals surface area (Å²) in [5, 5.41) is 18.3. The lowest BCUT2D eigenvalue weighted by Gasteiger charge is -2.20. The van der Waals surface area contributed by atoms with E-state index in [1.54, 1.807) is 0 Å². The van der Waals surface area contributed by atoms with Gasteiger partial charge in [-0.2, -0.15) is 0 Å². The summed E-state index contributed by atoms with van der Waals surface area (Å²) in [5.74, 6) is -0.934. The van der Waals surface area contributed by atoms with Crippen molar-refractivity contribution in [1.29, 1.82) is 0 Å². The summed E-state index contributed by atoms with van der Waals surface area (Å²) in [4.78, 5) is 34.9. The highest BCUT2D eigenvalue weighted by molar-refractivity contribution is 7.47. The molecule has 3 atom stereocenters. The lowest BCUT2D eigenvalue weighted by Crippen LogP contribution is -2.29. The van der Waals surface area contributed by atoms with Gasteiger partial charge in [0, 0.05) is 12.8 Å². The van der Waals surface area contributed by atoms with Gasteiger partial charge in [-0.25, -0.2) is 4.57 Å². The summed E-state index contributed by atoms with van der Waals surface area (Å²) in [6.45, 7) is 2.34. The normalized spacial score (nSPS) is 14.1. The van der Waals surface area contributed by atoms with Gasteiger partial charge >= 0.3 is 19.8 Å². The number of hydrogen-bond acceptors (Lipinski definition) is 9. The van der Waals surface area contributed by atoms with Gasteiger partial charge in [0.15, 0.2) is 6.10 Å². The first kappa shape index (κ1) is 51.5. The number of carbonyl (C=O) groups excluding carboxylic acids is 2. The summed E-state index contributed by atoms with van der Waals surface area (Å²) in [6.07, 6.45) is 37.1.